The van der Waals surface area contributed by atoms with Crippen molar-refractivity contribution in [2.24, 2.45) is 0 Å². The number of anilines is 1. The summed E-state index contributed by atoms with van der Waals surface area (Å²) in [5.41, 5.74) is 2.35. The number of benzene rings is 1. The highest BCUT2D eigenvalue weighted by atomic mass is 15.2. The minimum Gasteiger partial charge on any atom is -0.356 e. The summed E-state index contributed by atoms with van der Waals surface area (Å²) in [5, 5.41) is 3.39. The van der Waals surface area contributed by atoms with Gasteiger partial charge in [-0.1, -0.05) is 37.3 Å². The molecule has 1 N–H and O–H groups in total. The lowest BCUT2D eigenvalue weighted by Gasteiger charge is -2.17. The molecular formula is C15H21N3. The van der Waals surface area contributed by atoms with Crippen LogP contribution in [0.3, 0.4) is 0 Å². The van der Waals surface area contributed by atoms with Gasteiger partial charge in [0.25, 0.3) is 0 Å². The van der Waals surface area contributed by atoms with E-state index < -0.39 is 0 Å². The Bertz CT molecular complexity index is 488. The molecular weight excluding hydrogens is 222 g/mol. The average molecular weight is 243 g/mol. The molecule has 2 aromatic rings. The maximum absolute atomic E-state index is 4.55. The van der Waals surface area contributed by atoms with E-state index in [1.54, 1.807) is 0 Å². The summed E-state index contributed by atoms with van der Waals surface area (Å²) in [5.74, 6) is 0.964. The fraction of sp³-hybridized carbons (Fsp3) is 0.400. The Kier molecular flexibility index (Phi) is 4.03. The Hall–Kier alpha value is -1.77. The van der Waals surface area contributed by atoms with Gasteiger partial charge in [0, 0.05) is 12.7 Å². The van der Waals surface area contributed by atoms with Crippen molar-refractivity contribution < 1.29 is 0 Å². The lowest BCUT2D eigenvalue weighted by Crippen LogP contribution is -2.12. The van der Waals surface area contributed by atoms with Crippen molar-refractivity contribution in [3.05, 3.63) is 47.8 Å². The maximum atomic E-state index is 4.55. The molecule has 0 fully saturated rings. The second-order valence-corrected chi connectivity index (χ2v) is 4.63. The number of rotatable bonds is 5. The molecule has 0 aliphatic rings. The van der Waals surface area contributed by atoms with Gasteiger partial charge in [0.1, 0.15) is 0 Å². The first kappa shape index (κ1) is 12.7. The van der Waals surface area contributed by atoms with Gasteiger partial charge in [-0.3, -0.25) is 0 Å². The number of aromatic nitrogens is 2. The van der Waals surface area contributed by atoms with Gasteiger partial charge in [0.2, 0.25) is 5.95 Å². The first-order valence-corrected chi connectivity index (χ1v) is 6.56. The van der Waals surface area contributed by atoms with Gasteiger partial charge in [-0.05, 0) is 25.8 Å². The lowest BCUT2D eigenvalue weighted by molar-refractivity contribution is 0.642. The molecule has 1 aromatic carbocycles. The summed E-state index contributed by atoms with van der Waals surface area (Å²) < 4.78 is 2.21. The Balaban J connectivity index is 2.27. The molecule has 3 nitrogen and oxygen atoms in total. The number of hydrogen-bond donors (Lipinski definition) is 1. The molecule has 0 spiro atoms. The highest BCUT2D eigenvalue weighted by Crippen LogP contribution is 2.22. The number of imidazole rings is 1. The van der Waals surface area contributed by atoms with Gasteiger partial charge in [-0.15, -0.1) is 0 Å². The quantitative estimate of drug-likeness (QED) is 0.869. The van der Waals surface area contributed by atoms with Gasteiger partial charge >= 0.3 is 0 Å². The first-order chi connectivity index (χ1) is 8.72. The number of hydrogen-bond acceptors (Lipinski definition) is 2. The van der Waals surface area contributed by atoms with E-state index in [1.165, 1.54) is 5.56 Å². The zero-order valence-corrected chi connectivity index (χ0v) is 11.4. The molecule has 3 heteroatoms. The van der Waals surface area contributed by atoms with Crippen molar-refractivity contribution in [2.75, 3.05) is 11.9 Å². The monoisotopic (exact) mass is 243 g/mol. The summed E-state index contributed by atoms with van der Waals surface area (Å²) in [6, 6.07) is 10.8. The third kappa shape index (κ3) is 2.73. The van der Waals surface area contributed by atoms with Crippen LogP contribution in [0.15, 0.2) is 36.5 Å². The van der Waals surface area contributed by atoms with Gasteiger partial charge in [0.05, 0.1) is 11.7 Å². The van der Waals surface area contributed by atoms with Crippen LogP contribution in [0.1, 0.15) is 37.6 Å². The Morgan fingerprint density at radius 1 is 1.28 bits per heavy atom. The second kappa shape index (κ2) is 5.71. The highest BCUT2D eigenvalue weighted by molar-refractivity contribution is 5.32. The summed E-state index contributed by atoms with van der Waals surface area (Å²) in [6.07, 6.45) is 3.21. The van der Waals surface area contributed by atoms with Gasteiger partial charge in [-0.2, -0.15) is 0 Å². The molecule has 0 aliphatic carbocycles. The van der Waals surface area contributed by atoms with Crippen LogP contribution in [0.2, 0.25) is 0 Å². The lowest BCUT2D eigenvalue weighted by atomic mass is 10.1. The van der Waals surface area contributed by atoms with E-state index in [1.807, 2.05) is 13.0 Å². The molecule has 1 atom stereocenters. The van der Waals surface area contributed by atoms with E-state index in [0.29, 0.717) is 6.04 Å². The van der Waals surface area contributed by atoms with Crippen molar-refractivity contribution in [1.82, 2.24) is 9.55 Å². The van der Waals surface area contributed by atoms with E-state index in [9.17, 15) is 0 Å². The van der Waals surface area contributed by atoms with Crippen molar-refractivity contribution in [1.29, 1.82) is 0 Å². The minimum atomic E-state index is 0.298. The molecule has 0 saturated heterocycles. The Labute approximate surface area is 109 Å². The first-order valence-electron chi connectivity index (χ1n) is 6.56. The van der Waals surface area contributed by atoms with Crippen LogP contribution >= 0.6 is 0 Å². The average Bonchev–Trinajstić information content (AvgIpc) is 2.77. The van der Waals surface area contributed by atoms with Crippen LogP contribution < -0.4 is 5.32 Å². The third-order valence-electron chi connectivity index (χ3n) is 3.09. The molecule has 1 aromatic heterocycles. The third-order valence-corrected chi connectivity index (χ3v) is 3.09. The van der Waals surface area contributed by atoms with Crippen LogP contribution in [0.4, 0.5) is 5.95 Å². The summed E-state index contributed by atoms with van der Waals surface area (Å²) >= 11 is 0. The van der Waals surface area contributed by atoms with Crippen molar-refractivity contribution in [3.8, 4) is 0 Å². The fourth-order valence-corrected chi connectivity index (χ4v) is 2.07. The van der Waals surface area contributed by atoms with Crippen molar-refractivity contribution in [3.63, 3.8) is 0 Å². The maximum Gasteiger partial charge on any atom is 0.203 e. The van der Waals surface area contributed by atoms with Crippen LogP contribution in [0, 0.1) is 6.92 Å². The largest absolute Gasteiger partial charge is 0.356 e. The molecule has 1 unspecified atom stereocenters. The normalized spacial score (nSPS) is 12.4. The zero-order valence-electron chi connectivity index (χ0n) is 11.4. The SMILES string of the molecule is CCCNc1nc(C)cn1C(C)c1ccccc1. The van der Waals surface area contributed by atoms with Crippen LogP contribution in [-0.4, -0.2) is 16.1 Å². The summed E-state index contributed by atoms with van der Waals surface area (Å²) in [6.45, 7) is 7.35. The van der Waals surface area contributed by atoms with Crippen LogP contribution in [-0.2, 0) is 0 Å². The predicted octanol–water partition coefficient (Wildman–Crippen LogP) is 3.62. The molecule has 1 heterocycles. The van der Waals surface area contributed by atoms with Crippen LogP contribution in [0.5, 0.6) is 0 Å². The summed E-state index contributed by atoms with van der Waals surface area (Å²) in [7, 11) is 0. The van der Waals surface area contributed by atoms with Crippen molar-refractivity contribution in [2.45, 2.75) is 33.2 Å². The Morgan fingerprint density at radius 3 is 2.67 bits per heavy atom. The molecule has 0 bridgehead atoms. The molecule has 96 valence electrons. The summed E-state index contributed by atoms with van der Waals surface area (Å²) in [4.78, 5) is 4.55. The van der Waals surface area contributed by atoms with E-state index in [-0.39, 0.29) is 0 Å². The smallest absolute Gasteiger partial charge is 0.203 e. The molecule has 0 saturated carbocycles. The van der Waals surface area contributed by atoms with E-state index in [0.717, 1.165) is 24.6 Å². The molecule has 2 rings (SSSR count). The second-order valence-electron chi connectivity index (χ2n) is 4.63. The standard InChI is InChI=1S/C15H21N3/c1-4-10-16-15-17-12(2)11-18(15)13(3)14-8-6-5-7-9-14/h5-9,11,13H,4,10H2,1-3H3,(H,16,17). The molecule has 18 heavy (non-hydrogen) atoms. The number of nitrogens with one attached hydrogen (secondary N) is 1. The minimum absolute atomic E-state index is 0.298. The predicted molar refractivity (Wildman–Crippen MR) is 76.0 cm³/mol. The number of nitrogens with zero attached hydrogens (tertiary/aromatic N) is 2. The van der Waals surface area contributed by atoms with Crippen molar-refractivity contribution >= 4 is 5.95 Å². The highest BCUT2D eigenvalue weighted by Gasteiger charge is 2.12. The van der Waals surface area contributed by atoms with Gasteiger partial charge < -0.3 is 9.88 Å². The number of aryl methyl sites for hydroxylation is 1. The molecule has 0 aliphatic heterocycles. The topological polar surface area (TPSA) is 29.9 Å². The van der Waals surface area contributed by atoms with E-state index in [4.69, 9.17) is 0 Å². The van der Waals surface area contributed by atoms with Crippen LogP contribution in [0.25, 0.3) is 0 Å². The van der Waals surface area contributed by atoms with E-state index in [2.05, 4.69) is 59.2 Å². The molecule has 0 radical (unpaired) electrons. The van der Waals surface area contributed by atoms with E-state index >= 15 is 0 Å². The van der Waals surface area contributed by atoms with Gasteiger partial charge in [-0.25, -0.2) is 4.98 Å². The fourth-order valence-electron chi connectivity index (χ4n) is 2.07. The zero-order chi connectivity index (χ0) is 13.0. The van der Waals surface area contributed by atoms with Gasteiger partial charge in [0.15, 0.2) is 0 Å². The molecule has 0 amide bonds. The Morgan fingerprint density at radius 2 is 2.00 bits per heavy atom.